The third-order valence-corrected chi connectivity index (χ3v) is 6.22. The lowest BCUT2D eigenvalue weighted by Gasteiger charge is -2.30. The molecule has 1 amide bonds. The van der Waals surface area contributed by atoms with E-state index in [9.17, 15) is 4.79 Å². The van der Waals surface area contributed by atoms with Crippen LogP contribution < -0.4 is 10.1 Å². The molecule has 150 valence electrons. The second-order valence-electron chi connectivity index (χ2n) is 6.81. The number of hydrogen-bond acceptors (Lipinski definition) is 5. The molecule has 0 fully saturated rings. The third kappa shape index (κ3) is 4.66. The molecule has 0 spiro atoms. The molecule has 29 heavy (non-hydrogen) atoms. The maximum atomic E-state index is 12.8. The highest BCUT2D eigenvalue weighted by molar-refractivity contribution is 7.10. The molecular formula is C21H19Cl2N3O2S. The molecule has 1 aromatic carbocycles. The van der Waals surface area contributed by atoms with Crippen LogP contribution in [0.4, 0.5) is 5.69 Å². The van der Waals surface area contributed by atoms with Crippen molar-refractivity contribution in [1.82, 2.24) is 9.88 Å². The number of hydrogen-bond donors (Lipinski definition) is 1. The summed E-state index contributed by atoms with van der Waals surface area (Å²) in [5.41, 5.74) is 2.10. The van der Waals surface area contributed by atoms with Crippen molar-refractivity contribution in [2.45, 2.75) is 25.9 Å². The van der Waals surface area contributed by atoms with Crippen molar-refractivity contribution >= 4 is 46.1 Å². The van der Waals surface area contributed by atoms with E-state index in [1.54, 1.807) is 29.5 Å². The first-order valence-electron chi connectivity index (χ1n) is 9.19. The van der Waals surface area contributed by atoms with E-state index in [0.29, 0.717) is 28.2 Å². The Labute approximate surface area is 183 Å². The number of fused-ring (bicyclic) bond motifs is 1. The molecular weight excluding hydrogens is 429 g/mol. The van der Waals surface area contributed by atoms with Crippen LogP contribution in [0.5, 0.6) is 11.6 Å². The molecule has 3 aromatic rings. The van der Waals surface area contributed by atoms with E-state index in [0.717, 1.165) is 18.7 Å². The fourth-order valence-corrected chi connectivity index (χ4v) is 4.54. The van der Waals surface area contributed by atoms with Gasteiger partial charge < -0.3 is 15.0 Å². The van der Waals surface area contributed by atoms with E-state index >= 15 is 0 Å². The van der Waals surface area contributed by atoms with Crippen LogP contribution >= 0.6 is 34.5 Å². The molecule has 0 aliphatic carbocycles. The number of carbonyl (C=O) groups excluding carboxylic acids is 1. The van der Waals surface area contributed by atoms with Gasteiger partial charge in [-0.25, -0.2) is 4.98 Å². The third-order valence-electron chi connectivity index (χ3n) is 4.72. The number of anilines is 1. The van der Waals surface area contributed by atoms with Gasteiger partial charge in [0.25, 0.3) is 0 Å². The van der Waals surface area contributed by atoms with Gasteiger partial charge in [0.2, 0.25) is 11.8 Å². The Hall–Kier alpha value is -2.28. The summed E-state index contributed by atoms with van der Waals surface area (Å²) in [6.45, 7) is 3.33. The molecule has 0 radical (unpaired) electrons. The fraction of sp³-hybridized carbons (Fsp3) is 0.238. The molecule has 1 atom stereocenters. The van der Waals surface area contributed by atoms with Gasteiger partial charge in [0.1, 0.15) is 16.8 Å². The summed E-state index contributed by atoms with van der Waals surface area (Å²) in [6, 6.07) is 10.7. The van der Waals surface area contributed by atoms with Crippen LogP contribution in [0.15, 0.2) is 48.0 Å². The fourth-order valence-electron chi connectivity index (χ4n) is 3.23. The van der Waals surface area contributed by atoms with E-state index in [4.69, 9.17) is 27.9 Å². The summed E-state index contributed by atoms with van der Waals surface area (Å²) >= 11 is 13.7. The molecule has 0 saturated carbocycles. The zero-order valence-corrected chi connectivity index (χ0v) is 18.0. The first-order valence-corrected chi connectivity index (χ1v) is 10.8. The number of carbonyl (C=O) groups is 1. The van der Waals surface area contributed by atoms with Gasteiger partial charge in [-0.2, -0.15) is 0 Å². The summed E-state index contributed by atoms with van der Waals surface area (Å²) in [4.78, 5) is 20.2. The second-order valence-corrected chi connectivity index (χ2v) is 8.66. The molecule has 5 nitrogen and oxygen atoms in total. The lowest BCUT2D eigenvalue weighted by atomic mass is 10.1. The predicted molar refractivity (Wildman–Crippen MR) is 117 cm³/mol. The smallest absolute Gasteiger partial charge is 0.245 e. The van der Waals surface area contributed by atoms with Gasteiger partial charge in [-0.15, -0.1) is 11.3 Å². The van der Waals surface area contributed by atoms with Crippen LogP contribution in [0.25, 0.3) is 0 Å². The van der Waals surface area contributed by atoms with Crippen LogP contribution in [0.1, 0.15) is 17.4 Å². The Morgan fingerprint density at radius 1 is 1.28 bits per heavy atom. The number of pyridine rings is 1. The van der Waals surface area contributed by atoms with Crippen LogP contribution in [-0.2, 0) is 17.8 Å². The van der Waals surface area contributed by atoms with Crippen LogP contribution in [0.2, 0.25) is 10.0 Å². The van der Waals surface area contributed by atoms with Gasteiger partial charge in [0.05, 0.1) is 5.02 Å². The molecule has 8 heteroatoms. The Morgan fingerprint density at radius 2 is 2.07 bits per heavy atom. The van der Waals surface area contributed by atoms with E-state index < -0.39 is 0 Å². The molecule has 4 rings (SSSR count). The summed E-state index contributed by atoms with van der Waals surface area (Å²) in [5.74, 6) is 0.977. The lowest BCUT2D eigenvalue weighted by Crippen LogP contribution is -2.43. The highest BCUT2D eigenvalue weighted by Gasteiger charge is 2.25. The Bertz CT molecular complexity index is 1020. The standard InChI is InChI=1S/C21H19Cl2N3O2S/c1-13(21(27)26-8-6-19-14(12-26)7-9-29-19)25-16-2-4-17(5-3-16)28-20-18(23)10-15(22)11-24-20/h2-5,7,9-11,13,25H,6,8,12H2,1H3/t13-/m1/s1. The van der Waals surface area contributed by atoms with E-state index in [1.807, 2.05) is 24.0 Å². The molecule has 1 aliphatic heterocycles. The minimum absolute atomic E-state index is 0.0966. The molecule has 0 unspecified atom stereocenters. The molecule has 2 aromatic heterocycles. The Balaban J connectivity index is 1.36. The van der Waals surface area contributed by atoms with Gasteiger partial charge in [-0.3, -0.25) is 4.79 Å². The zero-order valence-electron chi connectivity index (χ0n) is 15.7. The van der Waals surface area contributed by atoms with E-state index in [-0.39, 0.29) is 11.9 Å². The normalized spacial score (nSPS) is 14.2. The number of nitrogens with zero attached hydrogens (tertiary/aromatic N) is 2. The summed E-state index contributed by atoms with van der Waals surface area (Å²) < 4.78 is 5.69. The van der Waals surface area contributed by atoms with Gasteiger partial charge in [-0.1, -0.05) is 23.2 Å². The highest BCUT2D eigenvalue weighted by Crippen LogP contribution is 2.30. The van der Waals surface area contributed by atoms with Crippen LogP contribution in [0.3, 0.4) is 0 Å². The Kier molecular flexibility index (Phi) is 5.94. The number of benzene rings is 1. The average molecular weight is 448 g/mol. The zero-order chi connectivity index (χ0) is 20.4. The minimum Gasteiger partial charge on any atom is -0.438 e. The van der Waals surface area contributed by atoms with E-state index in [2.05, 4.69) is 21.7 Å². The maximum Gasteiger partial charge on any atom is 0.245 e. The van der Waals surface area contributed by atoms with Gasteiger partial charge in [0.15, 0.2) is 0 Å². The van der Waals surface area contributed by atoms with Crippen molar-refractivity contribution in [3.05, 3.63) is 68.5 Å². The number of ether oxygens (including phenoxy) is 1. The second kappa shape index (κ2) is 8.61. The first kappa shape index (κ1) is 20.0. The quantitative estimate of drug-likeness (QED) is 0.550. The molecule has 3 heterocycles. The Morgan fingerprint density at radius 3 is 2.83 bits per heavy atom. The lowest BCUT2D eigenvalue weighted by molar-refractivity contribution is -0.132. The summed E-state index contributed by atoms with van der Waals surface area (Å²) in [5, 5.41) is 6.15. The monoisotopic (exact) mass is 447 g/mol. The van der Waals surface area contributed by atoms with Crippen molar-refractivity contribution in [2.75, 3.05) is 11.9 Å². The largest absolute Gasteiger partial charge is 0.438 e. The number of rotatable bonds is 5. The number of amides is 1. The van der Waals surface area contributed by atoms with E-state index in [1.165, 1.54) is 16.6 Å². The summed E-state index contributed by atoms with van der Waals surface area (Å²) in [7, 11) is 0. The minimum atomic E-state index is -0.325. The van der Waals surface area contributed by atoms with Crippen molar-refractivity contribution < 1.29 is 9.53 Å². The number of nitrogens with one attached hydrogen (secondary N) is 1. The molecule has 1 N–H and O–H groups in total. The maximum absolute atomic E-state index is 12.8. The number of halogens is 2. The summed E-state index contributed by atoms with van der Waals surface area (Å²) in [6.07, 6.45) is 2.41. The molecule has 1 aliphatic rings. The molecule has 0 saturated heterocycles. The SMILES string of the molecule is C[C@@H](Nc1ccc(Oc2ncc(Cl)cc2Cl)cc1)C(=O)N1CCc2sccc2C1. The average Bonchev–Trinajstić information content (AvgIpc) is 3.18. The number of thiophene rings is 1. The van der Waals surface area contributed by atoms with Crippen molar-refractivity contribution in [3.63, 3.8) is 0 Å². The van der Waals surface area contributed by atoms with Crippen LogP contribution in [-0.4, -0.2) is 28.4 Å². The molecule has 0 bridgehead atoms. The van der Waals surface area contributed by atoms with Crippen molar-refractivity contribution in [2.24, 2.45) is 0 Å². The first-order chi connectivity index (χ1) is 14.0. The van der Waals surface area contributed by atoms with Crippen molar-refractivity contribution in [1.29, 1.82) is 0 Å². The van der Waals surface area contributed by atoms with Crippen molar-refractivity contribution in [3.8, 4) is 11.6 Å². The van der Waals surface area contributed by atoms with Crippen LogP contribution in [0, 0.1) is 0 Å². The van der Waals surface area contributed by atoms with Gasteiger partial charge in [0, 0.05) is 29.9 Å². The van der Waals surface area contributed by atoms with Gasteiger partial charge >= 0.3 is 0 Å². The van der Waals surface area contributed by atoms with Gasteiger partial charge in [-0.05, 0) is 60.7 Å². The highest BCUT2D eigenvalue weighted by atomic mass is 35.5. The predicted octanol–water partition coefficient (Wildman–Crippen LogP) is 5.63. The topological polar surface area (TPSA) is 54.5 Å². The number of aromatic nitrogens is 1.